The average Bonchev–Trinajstić information content (AvgIpc) is 3.04. The number of rotatable bonds is 3. The van der Waals surface area contributed by atoms with Crippen LogP contribution in [0.25, 0.3) is 0 Å². The van der Waals surface area contributed by atoms with E-state index in [4.69, 9.17) is 17.3 Å². The van der Waals surface area contributed by atoms with Crippen LogP contribution in [0.1, 0.15) is 12.5 Å². The number of hydrogen-bond donors (Lipinski definition) is 3. The molecule has 1 fully saturated rings. The number of halogens is 1. The lowest BCUT2D eigenvalue weighted by molar-refractivity contribution is 0.491. The van der Waals surface area contributed by atoms with Crippen LogP contribution in [-0.4, -0.2) is 32.8 Å². The van der Waals surface area contributed by atoms with E-state index in [9.17, 15) is 0 Å². The van der Waals surface area contributed by atoms with Crippen LogP contribution in [-0.2, 0) is 0 Å². The third kappa shape index (κ3) is 2.61. The average molecular weight is 280 g/mol. The van der Waals surface area contributed by atoms with Crippen molar-refractivity contribution < 1.29 is 0 Å². The zero-order valence-electron chi connectivity index (χ0n) is 10.2. The molecule has 100 valence electrons. The minimum Gasteiger partial charge on any atom is -0.382 e. The molecule has 0 bridgehead atoms. The topological polar surface area (TPSA) is 93.7 Å². The quantitative estimate of drug-likeness (QED) is 0.781. The fourth-order valence-electron chi connectivity index (χ4n) is 2.04. The van der Waals surface area contributed by atoms with Crippen molar-refractivity contribution in [2.75, 3.05) is 24.1 Å². The Labute approximate surface area is 115 Å². The van der Waals surface area contributed by atoms with E-state index in [-0.39, 0.29) is 5.82 Å². The Morgan fingerprint density at radius 3 is 3.11 bits per heavy atom. The summed E-state index contributed by atoms with van der Waals surface area (Å²) in [5, 5.41) is 11.0. The third-order valence-corrected chi connectivity index (χ3v) is 3.33. The maximum absolute atomic E-state index is 5.77. The first-order chi connectivity index (χ1) is 9.22. The van der Waals surface area contributed by atoms with Gasteiger partial charge in [-0.25, -0.2) is 4.98 Å². The van der Waals surface area contributed by atoms with Crippen LogP contribution in [0.3, 0.4) is 0 Å². The first kappa shape index (κ1) is 12.2. The van der Waals surface area contributed by atoms with Crippen LogP contribution in [0.4, 0.5) is 17.5 Å². The van der Waals surface area contributed by atoms with Crippen LogP contribution < -0.4 is 16.4 Å². The van der Waals surface area contributed by atoms with Gasteiger partial charge in [0.1, 0.15) is 10.8 Å². The Bertz CT molecular complexity index is 576. The monoisotopic (exact) mass is 279 g/mol. The largest absolute Gasteiger partial charge is 0.382 e. The van der Waals surface area contributed by atoms with Gasteiger partial charge in [0.2, 0.25) is 5.95 Å². The molecule has 0 saturated carbocycles. The normalized spacial score (nSPS) is 18.7. The number of nitrogens with zero attached hydrogens (tertiary/aromatic N) is 4. The molecule has 1 aliphatic rings. The number of hydrogen-bond acceptors (Lipinski definition) is 6. The first-order valence-electron chi connectivity index (χ1n) is 6.02. The molecule has 4 N–H and O–H groups in total. The highest BCUT2D eigenvalue weighted by Gasteiger charge is 2.17. The van der Waals surface area contributed by atoms with E-state index >= 15 is 0 Å². The van der Waals surface area contributed by atoms with Gasteiger partial charge < -0.3 is 16.4 Å². The molecule has 0 aliphatic carbocycles. The summed E-state index contributed by atoms with van der Waals surface area (Å²) in [4.78, 5) is 8.11. The number of nitrogens with two attached hydrogens (primary N) is 1. The molecule has 1 saturated heterocycles. The molecule has 1 atom stereocenters. The van der Waals surface area contributed by atoms with Crippen molar-refractivity contribution in [3.63, 3.8) is 0 Å². The van der Waals surface area contributed by atoms with Crippen molar-refractivity contribution in [3.8, 4) is 0 Å². The second kappa shape index (κ2) is 5.02. The molecule has 2 aromatic rings. The van der Waals surface area contributed by atoms with E-state index < -0.39 is 0 Å². The van der Waals surface area contributed by atoms with Crippen molar-refractivity contribution in [2.24, 2.45) is 0 Å². The molecule has 8 heteroatoms. The summed E-state index contributed by atoms with van der Waals surface area (Å²) in [7, 11) is 0. The fraction of sp³-hybridized carbons (Fsp3) is 0.364. The molecule has 3 rings (SSSR count). The molecule has 0 spiro atoms. The number of nitrogen functional groups attached to an aromatic ring is 1. The Morgan fingerprint density at radius 2 is 2.37 bits per heavy atom. The highest BCUT2D eigenvalue weighted by atomic mass is 35.5. The van der Waals surface area contributed by atoms with Crippen molar-refractivity contribution >= 4 is 29.1 Å². The van der Waals surface area contributed by atoms with Gasteiger partial charge in [0.15, 0.2) is 0 Å². The first-order valence-corrected chi connectivity index (χ1v) is 6.40. The SMILES string of the molecule is Nc1nc(Nc2cnn(C3CCNC3)c2)ncc1Cl. The van der Waals surface area contributed by atoms with Crippen molar-refractivity contribution in [1.29, 1.82) is 0 Å². The van der Waals surface area contributed by atoms with Gasteiger partial charge >= 0.3 is 0 Å². The molecule has 0 amide bonds. The molecule has 2 aromatic heterocycles. The van der Waals surface area contributed by atoms with Gasteiger partial charge in [0, 0.05) is 12.7 Å². The summed E-state index contributed by atoms with van der Waals surface area (Å²) in [5.74, 6) is 0.664. The zero-order valence-corrected chi connectivity index (χ0v) is 10.9. The maximum Gasteiger partial charge on any atom is 0.229 e. The maximum atomic E-state index is 5.77. The van der Waals surface area contributed by atoms with Gasteiger partial charge in [-0.15, -0.1) is 0 Å². The Morgan fingerprint density at radius 1 is 1.47 bits per heavy atom. The van der Waals surface area contributed by atoms with Gasteiger partial charge in [-0.05, 0) is 13.0 Å². The van der Waals surface area contributed by atoms with Crippen LogP contribution in [0.5, 0.6) is 0 Å². The second-order valence-electron chi connectivity index (χ2n) is 4.41. The summed E-state index contributed by atoms with van der Waals surface area (Å²) < 4.78 is 1.95. The molecular formula is C11H14ClN7. The lowest BCUT2D eigenvalue weighted by atomic mass is 10.3. The Balaban J connectivity index is 1.74. The summed E-state index contributed by atoms with van der Waals surface area (Å²) in [6, 6.07) is 0.409. The van der Waals surface area contributed by atoms with Crippen molar-refractivity contribution in [2.45, 2.75) is 12.5 Å². The Hall–Kier alpha value is -1.86. The smallest absolute Gasteiger partial charge is 0.229 e. The fourth-order valence-corrected chi connectivity index (χ4v) is 2.13. The van der Waals surface area contributed by atoms with Gasteiger partial charge in [-0.3, -0.25) is 4.68 Å². The molecule has 0 aromatic carbocycles. The van der Waals surface area contributed by atoms with Crippen LogP contribution >= 0.6 is 11.6 Å². The lowest BCUT2D eigenvalue weighted by Crippen LogP contribution is -2.13. The molecule has 7 nitrogen and oxygen atoms in total. The van der Waals surface area contributed by atoms with Crippen LogP contribution in [0, 0.1) is 0 Å². The minimum absolute atomic E-state index is 0.256. The summed E-state index contributed by atoms with van der Waals surface area (Å²) in [6.45, 7) is 1.98. The Kier molecular flexibility index (Phi) is 3.22. The molecular weight excluding hydrogens is 266 g/mol. The molecule has 1 unspecified atom stereocenters. The molecule has 1 aliphatic heterocycles. The summed E-state index contributed by atoms with van der Waals surface area (Å²) >= 11 is 5.77. The van der Waals surface area contributed by atoms with Crippen LogP contribution in [0.2, 0.25) is 5.02 Å². The highest BCUT2D eigenvalue weighted by Crippen LogP contribution is 2.20. The van der Waals surface area contributed by atoms with Gasteiger partial charge in [-0.2, -0.15) is 10.1 Å². The van der Waals surface area contributed by atoms with E-state index in [2.05, 4.69) is 25.7 Å². The second-order valence-corrected chi connectivity index (χ2v) is 4.81. The van der Waals surface area contributed by atoms with Gasteiger partial charge in [0.25, 0.3) is 0 Å². The zero-order chi connectivity index (χ0) is 13.2. The van der Waals surface area contributed by atoms with E-state index in [0.717, 1.165) is 25.2 Å². The lowest BCUT2D eigenvalue weighted by Gasteiger charge is -2.07. The van der Waals surface area contributed by atoms with E-state index in [0.29, 0.717) is 17.0 Å². The van der Waals surface area contributed by atoms with Crippen molar-refractivity contribution in [3.05, 3.63) is 23.6 Å². The van der Waals surface area contributed by atoms with Gasteiger partial charge in [-0.1, -0.05) is 11.6 Å². The molecule has 0 radical (unpaired) electrons. The summed E-state index contributed by atoms with van der Waals surface area (Å²) in [6.07, 6.45) is 6.24. The van der Waals surface area contributed by atoms with E-state index in [1.807, 2.05) is 10.9 Å². The molecule has 19 heavy (non-hydrogen) atoms. The van der Waals surface area contributed by atoms with E-state index in [1.54, 1.807) is 6.20 Å². The number of anilines is 3. The molecule has 3 heterocycles. The number of nitrogens with one attached hydrogen (secondary N) is 2. The number of aromatic nitrogens is 4. The summed E-state index contributed by atoms with van der Waals surface area (Å²) in [5.41, 5.74) is 6.45. The standard InChI is InChI=1S/C11H14ClN7/c12-9-5-15-11(18-10(9)13)17-7-3-16-19(6-7)8-1-2-14-4-8/h3,5-6,8,14H,1-2,4H2,(H3,13,15,17,18). The third-order valence-electron chi connectivity index (χ3n) is 3.04. The predicted octanol–water partition coefficient (Wildman–Crippen LogP) is 1.19. The van der Waals surface area contributed by atoms with E-state index in [1.165, 1.54) is 6.20 Å². The van der Waals surface area contributed by atoms with Crippen LogP contribution in [0.15, 0.2) is 18.6 Å². The minimum atomic E-state index is 0.256. The predicted molar refractivity (Wildman–Crippen MR) is 73.5 cm³/mol. The van der Waals surface area contributed by atoms with Gasteiger partial charge in [0.05, 0.1) is 24.1 Å². The van der Waals surface area contributed by atoms with Crippen molar-refractivity contribution in [1.82, 2.24) is 25.1 Å². The highest BCUT2D eigenvalue weighted by molar-refractivity contribution is 6.32.